The summed E-state index contributed by atoms with van der Waals surface area (Å²) in [4.78, 5) is 12.4. The average molecular weight is 299 g/mol. The fourth-order valence-electron chi connectivity index (χ4n) is 1.95. The lowest BCUT2D eigenvalue weighted by atomic mass is 9.94. The summed E-state index contributed by atoms with van der Waals surface area (Å²) in [5, 5.41) is 6.74. The largest absolute Gasteiger partial charge is 0.272 e. The van der Waals surface area contributed by atoms with Crippen molar-refractivity contribution in [2.75, 3.05) is 0 Å². The SMILES string of the molecule is CC(C)(C)C(=O)N1N=CCC1c1ccc(Cl)c(Cl)c1. The number of hydrogen-bond acceptors (Lipinski definition) is 2. The molecule has 1 aromatic carbocycles. The second-order valence-corrected chi connectivity index (χ2v) is 6.44. The molecular formula is C14H16Cl2N2O. The van der Waals surface area contributed by atoms with Gasteiger partial charge in [0, 0.05) is 18.1 Å². The first-order chi connectivity index (χ1) is 8.80. The van der Waals surface area contributed by atoms with Crippen LogP contribution in [0.15, 0.2) is 23.3 Å². The summed E-state index contributed by atoms with van der Waals surface area (Å²) in [7, 11) is 0. The van der Waals surface area contributed by atoms with Crippen LogP contribution in [0.2, 0.25) is 10.0 Å². The third-order valence-corrected chi connectivity index (χ3v) is 3.75. The van der Waals surface area contributed by atoms with E-state index in [1.165, 1.54) is 0 Å². The van der Waals surface area contributed by atoms with Crippen LogP contribution >= 0.6 is 23.2 Å². The highest BCUT2D eigenvalue weighted by Crippen LogP contribution is 2.34. The van der Waals surface area contributed by atoms with E-state index in [1.54, 1.807) is 23.4 Å². The zero-order valence-electron chi connectivity index (χ0n) is 11.2. The summed E-state index contributed by atoms with van der Waals surface area (Å²) in [6, 6.07) is 5.33. The molecule has 1 unspecified atom stereocenters. The molecule has 19 heavy (non-hydrogen) atoms. The predicted octanol–water partition coefficient (Wildman–Crippen LogP) is 4.30. The van der Waals surface area contributed by atoms with Crippen molar-refractivity contribution < 1.29 is 4.79 Å². The van der Waals surface area contributed by atoms with Crippen LogP contribution < -0.4 is 0 Å². The van der Waals surface area contributed by atoms with E-state index < -0.39 is 5.41 Å². The molecule has 5 heteroatoms. The molecule has 1 atom stereocenters. The van der Waals surface area contributed by atoms with Crippen molar-refractivity contribution in [1.29, 1.82) is 0 Å². The molecule has 2 rings (SSSR count). The first kappa shape index (κ1) is 14.4. The first-order valence-electron chi connectivity index (χ1n) is 6.12. The maximum Gasteiger partial charge on any atom is 0.248 e. The van der Waals surface area contributed by atoms with Gasteiger partial charge in [0.25, 0.3) is 0 Å². The van der Waals surface area contributed by atoms with Gasteiger partial charge in [-0.15, -0.1) is 0 Å². The summed E-state index contributed by atoms with van der Waals surface area (Å²) in [6.45, 7) is 5.65. The summed E-state index contributed by atoms with van der Waals surface area (Å²) in [5.74, 6) is -0.00248. The topological polar surface area (TPSA) is 32.7 Å². The van der Waals surface area contributed by atoms with Crippen LogP contribution in [0.25, 0.3) is 0 Å². The summed E-state index contributed by atoms with van der Waals surface area (Å²) < 4.78 is 0. The molecule has 0 spiro atoms. The number of rotatable bonds is 1. The first-order valence-corrected chi connectivity index (χ1v) is 6.87. The van der Waals surface area contributed by atoms with Gasteiger partial charge in [-0.05, 0) is 17.7 Å². The van der Waals surface area contributed by atoms with E-state index in [4.69, 9.17) is 23.2 Å². The monoisotopic (exact) mass is 298 g/mol. The Morgan fingerprint density at radius 3 is 2.58 bits per heavy atom. The van der Waals surface area contributed by atoms with Crippen molar-refractivity contribution in [3.05, 3.63) is 33.8 Å². The Morgan fingerprint density at radius 2 is 2.00 bits per heavy atom. The van der Waals surface area contributed by atoms with Crippen LogP contribution in [0.4, 0.5) is 0 Å². The predicted molar refractivity (Wildman–Crippen MR) is 78.6 cm³/mol. The van der Waals surface area contributed by atoms with E-state index >= 15 is 0 Å². The minimum Gasteiger partial charge on any atom is -0.272 e. The van der Waals surface area contributed by atoms with E-state index in [2.05, 4.69) is 5.10 Å². The lowest BCUT2D eigenvalue weighted by Gasteiger charge is -2.28. The molecule has 1 aliphatic heterocycles. The van der Waals surface area contributed by atoms with Gasteiger partial charge in [-0.25, -0.2) is 5.01 Å². The number of halogens is 2. The number of carbonyl (C=O) groups is 1. The molecule has 1 heterocycles. The molecule has 0 aliphatic carbocycles. The summed E-state index contributed by atoms with van der Waals surface area (Å²) >= 11 is 11.9. The highest BCUT2D eigenvalue weighted by atomic mass is 35.5. The van der Waals surface area contributed by atoms with Gasteiger partial charge in [0.05, 0.1) is 16.1 Å². The standard InChI is InChI=1S/C14H16Cl2N2O/c1-14(2,3)13(19)18-12(6-7-17-18)9-4-5-10(15)11(16)8-9/h4-5,7-8,12H,6H2,1-3H3. The molecule has 3 nitrogen and oxygen atoms in total. The second kappa shape index (κ2) is 5.14. The number of amides is 1. The normalized spacial score (nSPS) is 19.0. The Bertz CT molecular complexity index is 535. The average Bonchev–Trinajstić information content (AvgIpc) is 2.79. The summed E-state index contributed by atoms with van der Waals surface area (Å²) in [5.41, 5.74) is 0.486. The highest BCUT2D eigenvalue weighted by molar-refractivity contribution is 6.42. The Kier molecular flexibility index (Phi) is 3.88. The highest BCUT2D eigenvalue weighted by Gasteiger charge is 2.34. The molecule has 0 aromatic heterocycles. The summed E-state index contributed by atoms with van der Waals surface area (Å²) in [6.07, 6.45) is 2.45. The van der Waals surface area contributed by atoms with E-state index in [0.29, 0.717) is 16.5 Å². The number of hydrogen-bond donors (Lipinski definition) is 0. The quantitative estimate of drug-likeness (QED) is 0.761. The van der Waals surface area contributed by atoms with Crippen LogP contribution in [-0.2, 0) is 4.79 Å². The second-order valence-electron chi connectivity index (χ2n) is 5.62. The molecule has 0 radical (unpaired) electrons. The number of benzene rings is 1. The van der Waals surface area contributed by atoms with Gasteiger partial charge >= 0.3 is 0 Å². The van der Waals surface area contributed by atoms with Crippen molar-refractivity contribution in [3.8, 4) is 0 Å². The molecule has 1 amide bonds. The van der Waals surface area contributed by atoms with E-state index in [1.807, 2.05) is 26.8 Å². The molecule has 1 aromatic rings. The van der Waals surface area contributed by atoms with Gasteiger partial charge in [0.2, 0.25) is 5.91 Å². The fourth-order valence-corrected chi connectivity index (χ4v) is 2.26. The van der Waals surface area contributed by atoms with Crippen LogP contribution in [0.5, 0.6) is 0 Å². The number of nitrogens with zero attached hydrogens (tertiary/aromatic N) is 2. The van der Waals surface area contributed by atoms with Crippen LogP contribution in [0.1, 0.15) is 38.8 Å². The van der Waals surface area contributed by atoms with Gasteiger partial charge in [-0.3, -0.25) is 4.79 Å². The minimum atomic E-state index is -0.462. The molecular weight excluding hydrogens is 283 g/mol. The smallest absolute Gasteiger partial charge is 0.248 e. The van der Waals surface area contributed by atoms with Crippen LogP contribution in [-0.4, -0.2) is 17.1 Å². The molecule has 0 saturated heterocycles. The maximum atomic E-state index is 12.4. The van der Waals surface area contributed by atoms with Gasteiger partial charge in [0.15, 0.2) is 0 Å². The van der Waals surface area contributed by atoms with Crippen molar-refractivity contribution in [2.24, 2.45) is 10.5 Å². The maximum absolute atomic E-state index is 12.4. The Hall–Kier alpha value is -1.06. The number of hydrazone groups is 1. The van der Waals surface area contributed by atoms with Gasteiger partial charge in [-0.1, -0.05) is 50.0 Å². The van der Waals surface area contributed by atoms with Crippen LogP contribution in [0, 0.1) is 5.41 Å². The van der Waals surface area contributed by atoms with Gasteiger partial charge < -0.3 is 0 Å². The molecule has 0 bridgehead atoms. The third kappa shape index (κ3) is 2.93. The zero-order chi connectivity index (χ0) is 14.2. The van der Waals surface area contributed by atoms with E-state index in [-0.39, 0.29) is 11.9 Å². The zero-order valence-corrected chi connectivity index (χ0v) is 12.7. The van der Waals surface area contributed by atoms with E-state index in [9.17, 15) is 4.79 Å². The molecule has 0 fully saturated rings. The van der Waals surface area contributed by atoms with Crippen molar-refractivity contribution in [1.82, 2.24) is 5.01 Å². The molecule has 0 N–H and O–H groups in total. The lowest BCUT2D eigenvalue weighted by Crippen LogP contribution is -2.36. The van der Waals surface area contributed by atoms with Crippen LogP contribution in [0.3, 0.4) is 0 Å². The number of carbonyl (C=O) groups excluding carboxylic acids is 1. The fraction of sp³-hybridized carbons (Fsp3) is 0.429. The molecule has 102 valence electrons. The van der Waals surface area contributed by atoms with Gasteiger partial charge in [0.1, 0.15) is 0 Å². The minimum absolute atomic E-state index is 0.00248. The lowest BCUT2D eigenvalue weighted by molar-refractivity contribution is -0.141. The third-order valence-electron chi connectivity index (χ3n) is 3.01. The van der Waals surface area contributed by atoms with Crippen molar-refractivity contribution >= 4 is 35.3 Å². The van der Waals surface area contributed by atoms with E-state index in [0.717, 1.165) is 5.56 Å². The van der Waals surface area contributed by atoms with Crippen molar-refractivity contribution in [2.45, 2.75) is 33.2 Å². The Morgan fingerprint density at radius 1 is 1.32 bits per heavy atom. The molecule has 1 aliphatic rings. The Labute approximate surface area is 123 Å². The Balaban J connectivity index is 2.30. The van der Waals surface area contributed by atoms with Gasteiger partial charge in [-0.2, -0.15) is 5.10 Å². The molecule has 0 saturated carbocycles. The van der Waals surface area contributed by atoms with Crippen molar-refractivity contribution in [3.63, 3.8) is 0 Å².